The Kier molecular flexibility index (Phi) is 3.91. The lowest BCUT2D eigenvalue weighted by Crippen LogP contribution is -2.42. The van der Waals surface area contributed by atoms with Gasteiger partial charge in [0.05, 0.1) is 6.42 Å². The van der Waals surface area contributed by atoms with Crippen molar-refractivity contribution in [2.75, 3.05) is 6.54 Å². The number of hydrogen-bond acceptors (Lipinski definition) is 3. The normalized spacial score (nSPS) is 15.9. The molecule has 0 aromatic heterocycles. The fraction of sp³-hybridized carbons (Fsp3) is 0.818. The van der Waals surface area contributed by atoms with Crippen LogP contribution in [0.2, 0.25) is 0 Å². The summed E-state index contributed by atoms with van der Waals surface area (Å²) >= 11 is 0. The third-order valence-electron chi connectivity index (χ3n) is 2.48. The van der Waals surface area contributed by atoms with E-state index in [-0.39, 0.29) is 24.8 Å². The van der Waals surface area contributed by atoms with E-state index in [2.05, 4.69) is 0 Å². The van der Waals surface area contributed by atoms with Crippen LogP contribution in [0.25, 0.3) is 0 Å². The van der Waals surface area contributed by atoms with Crippen molar-refractivity contribution < 1.29 is 14.7 Å². The van der Waals surface area contributed by atoms with E-state index in [1.807, 2.05) is 0 Å². The molecule has 0 aliphatic heterocycles. The fourth-order valence-electron chi connectivity index (χ4n) is 1.60. The van der Waals surface area contributed by atoms with Gasteiger partial charge in [-0.1, -0.05) is 0 Å². The molecule has 0 aromatic rings. The van der Waals surface area contributed by atoms with Gasteiger partial charge in [0.25, 0.3) is 0 Å². The number of nitrogens with two attached hydrogens (primary N) is 1. The van der Waals surface area contributed by atoms with Crippen LogP contribution in [0.4, 0.5) is 0 Å². The second-order valence-corrected chi connectivity index (χ2v) is 5.13. The van der Waals surface area contributed by atoms with Gasteiger partial charge in [-0.25, -0.2) is 0 Å². The number of amides is 1. The summed E-state index contributed by atoms with van der Waals surface area (Å²) in [6, 6.07) is 0.245. The maximum atomic E-state index is 11.9. The Hall–Kier alpha value is -1.10. The van der Waals surface area contributed by atoms with E-state index < -0.39 is 11.5 Å². The molecule has 5 nitrogen and oxygen atoms in total. The lowest BCUT2D eigenvalue weighted by atomic mass is 10.0. The Balaban J connectivity index is 2.49. The molecule has 0 saturated heterocycles. The van der Waals surface area contributed by atoms with Gasteiger partial charge in [-0.15, -0.1) is 0 Å². The molecule has 92 valence electrons. The molecule has 5 heteroatoms. The minimum absolute atomic E-state index is 0.00718. The molecular weight excluding hydrogens is 208 g/mol. The minimum atomic E-state index is -0.870. The molecule has 16 heavy (non-hydrogen) atoms. The molecule has 1 amide bonds. The summed E-state index contributed by atoms with van der Waals surface area (Å²) in [4.78, 5) is 24.1. The first-order valence-corrected chi connectivity index (χ1v) is 5.60. The first-order chi connectivity index (χ1) is 7.29. The average molecular weight is 228 g/mol. The highest BCUT2D eigenvalue weighted by Crippen LogP contribution is 2.28. The molecule has 1 fully saturated rings. The van der Waals surface area contributed by atoms with Crippen LogP contribution in [-0.2, 0) is 9.59 Å². The lowest BCUT2D eigenvalue weighted by Gasteiger charge is -2.26. The van der Waals surface area contributed by atoms with Gasteiger partial charge in [0.2, 0.25) is 5.91 Å². The van der Waals surface area contributed by atoms with Crippen LogP contribution < -0.4 is 5.73 Å². The molecule has 1 saturated carbocycles. The van der Waals surface area contributed by atoms with Gasteiger partial charge < -0.3 is 15.7 Å². The quantitative estimate of drug-likeness (QED) is 0.696. The van der Waals surface area contributed by atoms with E-state index >= 15 is 0 Å². The van der Waals surface area contributed by atoms with Gasteiger partial charge in [-0.05, 0) is 26.7 Å². The number of carboxylic acids is 1. The summed E-state index contributed by atoms with van der Waals surface area (Å²) < 4.78 is 0. The fourth-order valence-corrected chi connectivity index (χ4v) is 1.60. The summed E-state index contributed by atoms with van der Waals surface area (Å²) in [6.07, 6.45) is 2.24. The third-order valence-corrected chi connectivity index (χ3v) is 2.48. The van der Waals surface area contributed by atoms with Crippen molar-refractivity contribution in [2.45, 2.75) is 51.1 Å². The van der Waals surface area contributed by atoms with Crippen LogP contribution in [0.3, 0.4) is 0 Å². The standard InChI is InChI=1S/C11H20N2O3/c1-11(2,12)7-9(14)13(8-3-4-8)6-5-10(15)16/h8H,3-7,12H2,1-2H3,(H,15,16). The number of rotatable bonds is 6. The highest BCUT2D eigenvalue weighted by Gasteiger charge is 2.33. The third kappa shape index (κ3) is 4.61. The molecule has 0 radical (unpaired) electrons. The molecule has 0 aromatic carbocycles. The van der Waals surface area contributed by atoms with Crippen molar-refractivity contribution in [3.63, 3.8) is 0 Å². The van der Waals surface area contributed by atoms with E-state index in [9.17, 15) is 9.59 Å². The van der Waals surface area contributed by atoms with E-state index in [4.69, 9.17) is 10.8 Å². The number of carbonyl (C=O) groups is 2. The molecule has 0 atom stereocenters. The van der Waals surface area contributed by atoms with Crippen molar-refractivity contribution in [1.82, 2.24) is 4.90 Å². The Morgan fingerprint density at radius 1 is 1.44 bits per heavy atom. The summed E-state index contributed by atoms with van der Waals surface area (Å²) in [5.74, 6) is -0.901. The van der Waals surface area contributed by atoms with Crippen LogP contribution >= 0.6 is 0 Å². The topological polar surface area (TPSA) is 83.6 Å². The Morgan fingerprint density at radius 2 is 2.00 bits per heavy atom. The first kappa shape index (κ1) is 13.0. The summed E-state index contributed by atoms with van der Waals surface area (Å²) in [6.45, 7) is 3.90. The number of aliphatic carboxylic acids is 1. The molecule has 0 bridgehead atoms. The van der Waals surface area contributed by atoms with Crippen LogP contribution in [0.15, 0.2) is 0 Å². The van der Waals surface area contributed by atoms with Crippen molar-refractivity contribution in [1.29, 1.82) is 0 Å². The lowest BCUT2D eigenvalue weighted by molar-refractivity contribution is -0.138. The summed E-state index contributed by atoms with van der Waals surface area (Å²) in [5, 5.41) is 8.62. The molecule has 0 unspecified atom stereocenters. The monoisotopic (exact) mass is 228 g/mol. The van der Waals surface area contributed by atoms with Crippen LogP contribution in [0, 0.1) is 0 Å². The predicted octanol–water partition coefficient (Wildman–Crippen LogP) is 0.580. The summed E-state index contributed by atoms with van der Waals surface area (Å²) in [5.41, 5.74) is 5.25. The summed E-state index contributed by atoms with van der Waals surface area (Å²) in [7, 11) is 0. The molecule has 3 N–H and O–H groups in total. The molecule has 0 spiro atoms. The van der Waals surface area contributed by atoms with E-state index in [0.29, 0.717) is 6.54 Å². The van der Waals surface area contributed by atoms with Crippen LogP contribution in [0.5, 0.6) is 0 Å². The Morgan fingerprint density at radius 3 is 2.38 bits per heavy atom. The molecular formula is C11H20N2O3. The predicted molar refractivity (Wildman–Crippen MR) is 59.9 cm³/mol. The molecule has 1 aliphatic rings. The Labute approximate surface area is 95.6 Å². The first-order valence-electron chi connectivity index (χ1n) is 5.60. The highest BCUT2D eigenvalue weighted by molar-refractivity contribution is 5.78. The van der Waals surface area contributed by atoms with Gasteiger partial charge in [-0.2, -0.15) is 0 Å². The number of carbonyl (C=O) groups excluding carboxylic acids is 1. The number of carboxylic acid groups (broad SMARTS) is 1. The van der Waals surface area contributed by atoms with Gasteiger partial charge in [0.15, 0.2) is 0 Å². The number of hydrogen-bond donors (Lipinski definition) is 2. The van der Waals surface area contributed by atoms with Crippen molar-refractivity contribution >= 4 is 11.9 Å². The van der Waals surface area contributed by atoms with Gasteiger partial charge in [0, 0.05) is 24.5 Å². The second kappa shape index (κ2) is 4.82. The largest absolute Gasteiger partial charge is 0.481 e. The second-order valence-electron chi connectivity index (χ2n) is 5.13. The zero-order valence-corrected chi connectivity index (χ0v) is 9.90. The number of nitrogens with zero attached hydrogens (tertiary/aromatic N) is 1. The van der Waals surface area contributed by atoms with Gasteiger partial charge in [-0.3, -0.25) is 9.59 Å². The van der Waals surface area contributed by atoms with Gasteiger partial charge >= 0.3 is 5.97 Å². The molecule has 1 rings (SSSR count). The van der Waals surface area contributed by atoms with Crippen molar-refractivity contribution in [2.24, 2.45) is 5.73 Å². The van der Waals surface area contributed by atoms with Crippen LogP contribution in [-0.4, -0.2) is 40.0 Å². The Bertz CT molecular complexity index is 279. The van der Waals surface area contributed by atoms with Crippen LogP contribution in [0.1, 0.15) is 39.5 Å². The maximum Gasteiger partial charge on any atom is 0.305 e. The zero-order chi connectivity index (χ0) is 12.3. The highest BCUT2D eigenvalue weighted by atomic mass is 16.4. The van der Waals surface area contributed by atoms with E-state index in [1.54, 1.807) is 18.7 Å². The van der Waals surface area contributed by atoms with Crippen molar-refractivity contribution in [3.05, 3.63) is 0 Å². The van der Waals surface area contributed by atoms with E-state index in [0.717, 1.165) is 12.8 Å². The average Bonchev–Trinajstić information content (AvgIpc) is 2.84. The molecule has 0 heterocycles. The maximum absolute atomic E-state index is 11.9. The van der Waals surface area contributed by atoms with Gasteiger partial charge in [0.1, 0.15) is 0 Å². The smallest absolute Gasteiger partial charge is 0.305 e. The minimum Gasteiger partial charge on any atom is -0.481 e. The van der Waals surface area contributed by atoms with E-state index in [1.165, 1.54) is 0 Å². The SMILES string of the molecule is CC(C)(N)CC(=O)N(CCC(=O)O)C1CC1. The molecule has 1 aliphatic carbocycles. The van der Waals surface area contributed by atoms with Crippen molar-refractivity contribution in [3.8, 4) is 0 Å². The zero-order valence-electron chi connectivity index (χ0n) is 9.90.